The smallest absolute Gasteiger partial charge is 0.141 e. The minimum Gasteiger partial charge on any atom is -0.456 e. The molecule has 94 valence electrons. The Morgan fingerprint density at radius 1 is 1.17 bits per heavy atom. The zero-order valence-electron chi connectivity index (χ0n) is 9.29. The van der Waals surface area contributed by atoms with Crippen LogP contribution in [-0.4, -0.2) is 0 Å². The van der Waals surface area contributed by atoms with Crippen LogP contribution in [0.5, 0.6) is 11.5 Å². The molecular weight excluding hydrogens is 321 g/mol. The van der Waals surface area contributed by atoms with Crippen molar-refractivity contribution in [3.8, 4) is 11.5 Å². The zero-order valence-corrected chi connectivity index (χ0v) is 11.6. The Morgan fingerprint density at radius 2 is 1.89 bits per heavy atom. The summed E-state index contributed by atoms with van der Waals surface area (Å²) < 4.78 is 19.5. The van der Waals surface area contributed by atoms with Crippen molar-refractivity contribution in [1.82, 2.24) is 0 Å². The molecule has 0 aliphatic carbocycles. The quantitative estimate of drug-likeness (QED) is 0.899. The van der Waals surface area contributed by atoms with E-state index in [9.17, 15) is 4.39 Å². The van der Waals surface area contributed by atoms with Crippen molar-refractivity contribution in [3.05, 3.63) is 57.3 Å². The van der Waals surface area contributed by atoms with E-state index < -0.39 is 0 Å². The van der Waals surface area contributed by atoms with E-state index in [0.29, 0.717) is 22.1 Å². The van der Waals surface area contributed by atoms with Gasteiger partial charge in [-0.3, -0.25) is 0 Å². The highest BCUT2D eigenvalue weighted by atomic mass is 79.9. The van der Waals surface area contributed by atoms with Crippen LogP contribution in [0.1, 0.15) is 5.56 Å². The summed E-state index contributed by atoms with van der Waals surface area (Å²) in [7, 11) is 0. The van der Waals surface area contributed by atoms with Crippen LogP contribution < -0.4 is 10.5 Å². The predicted molar refractivity (Wildman–Crippen MR) is 73.5 cm³/mol. The van der Waals surface area contributed by atoms with Crippen LogP contribution in [-0.2, 0) is 6.54 Å². The number of hydrogen-bond acceptors (Lipinski definition) is 2. The molecule has 2 aromatic carbocycles. The summed E-state index contributed by atoms with van der Waals surface area (Å²) in [5, 5.41) is 0.604. The molecule has 0 aliphatic heterocycles. The lowest BCUT2D eigenvalue weighted by molar-refractivity contribution is 0.471. The van der Waals surface area contributed by atoms with Crippen molar-refractivity contribution in [2.75, 3.05) is 0 Å². The maximum Gasteiger partial charge on any atom is 0.141 e. The van der Waals surface area contributed by atoms with Gasteiger partial charge in [-0.1, -0.05) is 11.6 Å². The maximum atomic E-state index is 13.1. The minimum atomic E-state index is -0.335. The summed E-state index contributed by atoms with van der Waals surface area (Å²) in [6.45, 7) is 0.207. The summed E-state index contributed by atoms with van der Waals surface area (Å²) >= 11 is 9.19. The Bertz CT molecular complexity index is 577. The molecule has 0 aromatic heterocycles. The Hall–Kier alpha value is -1.10. The van der Waals surface area contributed by atoms with Gasteiger partial charge in [0.05, 0.1) is 4.47 Å². The van der Waals surface area contributed by atoms with Crippen LogP contribution in [0.2, 0.25) is 5.02 Å². The third-order valence-electron chi connectivity index (χ3n) is 2.36. The molecule has 0 radical (unpaired) electrons. The van der Waals surface area contributed by atoms with Crippen LogP contribution in [0, 0.1) is 5.82 Å². The number of ether oxygens (including phenoxy) is 1. The lowest BCUT2D eigenvalue weighted by Crippen LogP contribution is -2.00. The molecule has 0 unspecified atom stereocenters. The van der Waals surface area contributed by atoms with Gasteiger partial charge in [0.15, 0.2) is 0 Å². The molecule has 2 nitrogen and oxygen atoms in total. The average molecular weight is 331 g/mol. The van der Waals surface area contributed by atoms with Gasteiger partial charge in [0.1, 0.15) is 17.3 Å². The molecule has 0 atom stereocenters. The van der Waals surface area contributed by atoms with Crippen molar-refractivity contribution < 1.29 is 9.13 Å². The van der Waals surface area contributed by atoms with E-state index in [2.05, 4.69) is 15.9 Å². The molecule has 2 N–H and O–H groups in total. The van der Waals surface area contributed by atoms with Crippen LogP contribution in [0.25, 0.3) is 0 Å². The third kappa shape index (κ3) is 3.02. The highest BCUT2D eigenvalue weighted by Gasteiger charge is 2.08. The Kier molecular flexibility index (Phi) is 4.22. The van der Waals surface area contributed by atoms with E-state index in [1.54, 1.807) is 24.3 Å². The summed E-state index contributed by atoms with van der Waals surface area (Å²) in [6.07, 6.45) is 0. The SMILES string of the molecule is NCc1cc(F)ccc1Oc1ccc(Cl)cc1Br. The van der Waals surface area contributed by atoms with E-state index in [1.165, 1.54) is 12.1 Å². The molecule has 5 heteroatoms. The number of nitrogens with two attached hydrogens (primary N) is 1. The van der Waals surface area contributed by atoms with Crippen molar-refractivity contribution in [2.45, 2.75) is 6.54 Å². The minimum absolute atomic E-state index is 0.207. The van der Waals surface area contributed by atoms with Gasteiger partial charge < -0.3 is 10.5 Å². The first-order valence-electron chi connectivity index (χ1n) is 5.21. The molecule has 2 rings (SSSR count). The first-order valence-corrected chi connectivity index (χ1v) is 6.38. The fourth-order valence-corrected chi connectivity index (χ4v) is 2.25. The lowest BCUT2D eigenvalue weighted by atomic mass is 10.2. The largest absolute Gasteiger partial charge is 0.456 e. The number of benzene rings is 2. The molecule has 0 saturated carbocycles. The summed E-state index contributed by atoms with van der Waals surface area (Å²) in [5.74, 6) is 0.792. The molecule has 0 bridgehead atoms. The van der Waals surface area contributed by atoms with Gasteiger partial charge in [0.25, 0.3) is 0 Å². The highest BCUT2D eigenvalue weighted by molar-refractivity contribution is 9.10. The monoisotopic (exact) mass is 329 g/mol. The maximum absolute atomic E-state index is 13.1. The van der Waals surface area contributed by atoms with E-state index >= 15 is 0 Å². The number of hydrogen-bond donors (Lipinski definition) is 1. The average Bonchev–Trinajstić information content (AvgIpc) is 2.34. The van der Waals surface area contributed by atoms with Gasteiger partial charge in [-0.25, -0.2) is 4.39 Å². The standard InChI is InChI=1S/C13H10BrClFNO/c14-11-6-9(15)1-3-13(11)18-12-4-2-10(16)5-8(12)7-17/h1-6H,7,17H2. The number of halogens is 3. The molecule has 0 saturated heterocycles. The van der Waals surface area contributed by atoms with Crippen molar-refractivity contribution in [2.24, 2.45) is 5.73 Å². The second kappa shape index (κ2) is 5.69. The molecule has 0 fully saturated rings. The van der Waals surface area contributed by atoms with Crippen molar-refractivity contribution in [1.29, 1.82) is 0 Å². The van der Waals surface area contributed by atoms with E-state index in [-0.39, 0.29) is 12.4 Å². The zero-order chi connectivity index (χ0) is 13.1. The van der Waals surface area contributed by atoms with Gasteiger partial charge in [-0.15, -0.1) is 0 Å². The van der Waals surface area contributed by atoms with E-state index in [4.69, 9.17) is 22.1 Å². The molecule has 2 aromatic rings. The molecule has 0 aliphatic rings. The van der Waals surface area contributed by atoms with Crippen LogP contribution in [0.4, 0.5) is 4.39 Å². The van der Waals surface area contributed by atoms with Crippen LogP contribution in [0.15, 0.2) is 40.9 Å². The highest BCUT2D eigenvalue weighted by Crippen LogP contribution is 2.33. The third-order valence-corrected chi connectivity index (χ3v) is 3.21. The fourth-order valence-electron chi connectivity index (χ4n) is 1.48. The topological polar surface area (TPSA) is 35.2 Å². The molecule has 18 heavy (non-hydrogen) atoms. The summed E-state index contributed by atoms with van der Waals surface area (Å²) in [6, 6.07) is 9.42. The van der Waals surface area contributed by atoms with E-state index in [1.807, 2.05) is 0 Å². The fraction of sp³-hybridized carbons (Fsp3) is 0.0769. The lowest BCUT2D eigenvalue weighted by Gasteiger charge is -2.11. The van der Waals surface area contributed by atoms with Gasteiger partial charge in [-0.2, -0.15) is 0 Å². The summed E-state index contributed by atoms with van der Waals surface area (Å²) in [5.41, 5.74) is 6.16. The van der Waals surface area contributed by atoms with Gasteiger partial charge in [0.2, 0.25) is 0 Å². The van der Waals surface area contributed by atoms with Gasteiger partial charge in [-0.05, 0) is 52.3 Å². The normalized spacial score (nSPS) is 10.4. The van der Waals surface area contributed by atoms with Gasteiger partial charge in [0, 0.05) is 17.1 Å². The number of rotatable bonds is 3. The van der Waals surface area contributed by atoms with Gasteiger partial charge >= 0.3 is 0 Å². The molecule has 0 spiro atoms. The second-order valence-electron chi connectivity index (χ2n) is 3.63. The van der Waals surface area contributed by atoms with E-state index in [0.717, 1.165) is 4.47 Å². The molecule has 0 amide bonds. The van der Waals surface area contributed by atoms with Crippen molar-refractivity contribution in [3.63, 3.8) is 0 Å². The predicted octanol–water partition coefficient (Wildman–Crippen LogP) is 4.49. The Balaban J connectivity index is 2.33. The Labute approximate surface area is 118 Å². The van der Waals surface area contributed by atoms with Crippen LogP contribution >= 0.6 is 27.5 Å². The molecule has 0 heterocycles. The first-order chi connectivity index (χ1) is 8.60. The molecular formula is C13H10BrClFNO. The van der Waals surface area contributed by atoms with Crippen molar-refractivity contribution >= 4 is 27.5 Å². The summed E-state index contributed by atoms with van der Waals surface area (Å²) in [4.78, 5) is 0. The first kappa shape index (κ1) is 13.3. The Morgan fingerprint density at radius 3 is 2.56 bits per heavy atom. The van der Waals surface area contributed by atoms with Crippen LogP contribution in [0.3, 0.4) is 0 Å². The second-order valence-corrected chi connectivity index (χ2v) is 4.92.